The van der Waals surface area contributed by atoms with E-state index in [-0.39, 0.29) is 11.3 Å². The number of hydrogen-bond acceptors (Lipinski definition) is 6. The molecule has 1 N–H and O–H groups in total. The molecule has 1 aliphatic rings. The van der Waals surface area contributed by atoms with Crippen molar-refractivity contribution in [3.8, 4) is 17.2 Å². The largest absolute Gasteiger partial charge is 0.507 e. The molecule has 0 saturated carbocycles. The van der Waals surface area contributed by atoms with E-state index in [1.165, 1.54) is 26.2 Å². The van der Waals surface area contributed by atoms with Crippen molar-refractivity contribution in [2.45, 2.75) is 13.0 Å². The Labute approximate surface area is 169 Å². The third kappa shape index (κ3) is 3.63. The van der Waals surface area contributed by atoms with Crippen LogP contribution in [0.1, 0.15) is 24.1 Å². The molecule has 0 radical (unpaired) electrons. The number of aliphatic hydroxyl groups excluding tert-OH is 1. The van der Waals surface area contributed by atoms with Gasteiger partial charge in [0.05, 0.1) is 32.4 Å². The predicted molar refractivity (Wildman–Crippen MR) is 107 cm³/mol. The number of aliphatic hydroxyl groups is 1. The van der Waals surface area contributed by atoms with E-state index < -0.39 is 17.7 Å². The second-order valence-electron chi connectivity index (χ2n) is 6.48. The van der Waals surface area contributed by atoms with Crippen LogP contribution in [-0.2, 0) is 9.59 Å². The minimum absolute atomic E-state index is 0.0221. The molecule has 3 rings (SSSR count). The monoisotopic (exact) mass is 397 g/mol. The summed E-state index contributed by atoms with van der Waals surface area (Å²) in [7, 11) is 4.52. The molecule has 2 aromatic carbocycles. The molecule has 7 nitrogen and oxygen atoms in total. The van der Waals surface area contributed by atoms with Crippen molar-refractivity contribution in [3.63, 3.8) is 0 Å². The zero-order valence-corrected chi connectivity index (χ0v) is 16.8. The van der Waals surface area contributed by atoms with Crippen LogP contribution in [0.3, 0.4) is 0 Å². The molecule has 1 heterocycles. The molecule has 2 aromatic rings. The van der Waals surface area contributed by atoms with Crippen molar-refractivity contribution in [2.24, 2.45) is 0 Å². The topological polar surface area (TPSA) is 85.3 Å². The summed E-state index contributed by atoms with van der Waals surface area (Å²) in [5, 5.41) is 10.9. The first kappa shape index (κ1) is 20.3. The average Bonchev–Trinajstić information content (AvgIpc) is 2.97. The van der Waals surface area contributed by atoms with Crippen LogP contribution in [0.15, 0.2) is 48.0 Å². The molecule has 1 saturated heterocycles. The highest BCUT2D eigenvalue weighted by Gasteiger charge is 2.44. The number of Topliss-reactive ketones (excluding diaryl/α,β-unsaturated/α-hetero) is 1. The zero-order chi connectivity index (χ0) is 21.1. The van der Waals surface area contributed by atoms with Gasteiger partial charge in [-0.1, -0.05) is 12.1 Å². The standard InChI is InChI=1S/C22H23NO6/c1-5-29-15-9-6-13(7-10-15)19-18(21(25)22(26)23(19)2)20(24)14-8-11-16(27-3)17(12-14)28-4/h6-12,19,24H,5H2,1-4H3/b20-18-. The minimum atomic E-state index is -0.737. The van der Waals surface area contributed by atoms with Crippen molar-refractivity contribution < 1.29 is 28.9 Å². The highest BCUT2D eigenvalue weighted by Crippen LogP contribution is 2.40. The van der Waals surface area contributed by atoms with Crippen LogP contribution in [0.2, 0.25) is 0 Å². The minimum Gasteiger partial charge on any atom is -0.507 e. The number of ketones is 1. The Morgan fingerprint density at radius 2 is 1.69 bits per heavy atom. The molecular formula is C22H23NO6. The lowest BCUT2D eigenvalue weighted by Crippen LogP contribution is -2.24. The number of nitrogens with zero attached hydrogens (tertiary/aromatic N) is 1. The number of rotatable bonds is 6. The maximum Gasteiger partial charge on any atom is 0.295 e. The Balaban J connectivity index is 2.10. The van der Waals surface area contributed by atoms with Gasteiger partial charge in [-0.15, -0.1) is 0 Å². The third-order valence-corrected chi connectivity index (χ3v) is 4.84. The van der Waals surface area contributed by atoms with Gasteiger partial charge in [0.25, 0.3) is 11.7 Å². The van der Waals surface area contributed by atoms with Crippen LogP contribution in [-0.4, -0.2) is 49.6 Å². The summed E-state index contributed by atoms with van der Waals surface area (Å²) in [5.74, 6) is -0.107. The van der Waals surface area contributed by atoms with Crippen LogP contribution in [0.25, 0.3) is 5.76 Å². The first-order valence-electron chi connectivity index (χ1n) is 9.12. The lowest BCUT2D eigenvalue weighted by atomic mass is 9.95. The number of likely N-dealkylation sites (tertiary alicyclic amines) is 1. The number of carbonyl (C=O) groups is 2. The smallest absolute Gasteiger partial charge is 0.295 e. The van der Waals surface area contributed by atoms with Gasteiger partial charge in [0.1, 0.15) is 11.5 Å². The summed E-state index contributed by atoms with van der Waals surface area (Å²) in [6.07, 6.45) is 0. The fourth-order valence-corrected chi connectivity index (χ4v) is 3.39. The molecule has 1 fully saturated rings. The lowest BCUT2D eigenvalue weighted by Gasteiger charge is -2.21. The van der Waals surface area contributed by atoms with E-state index in [1.54, 1.807) is 42.5 Å². The zero-order valence-electron chi connectivity index (χ0n) is 16.8. The molecule has 0 spiro atoms. The van der Waals surface area contributed by atoms with Crippen LogP contribution in [0.5, 0.6) is 17.2 Å². The van der Waals surface area contributed by atoms with Gasteiger partial charge in [0.2, 0.25) is 0 Å². The van der Waals surface area contributed by atoms with Gasteiger partial charge >= 0.3 is 0 Å². The summed E-state index contributed by atoms with van der Waals surface area (Å²) < 4.78 is 15.9. The van der Waals surface area contributed by atoms with Crippen molar-refractivity contribution in [3.05, 3.63) is 59.2 Å². The van der Waals surface area contributed by atoms with E-state index in [0.717, 1.165) is 0 Å². The molecule has 0 bridgehead atoms. The number of methoxy groups -OCH3 is 2. The quantitative estimate of drug-likeness (QED) is 0.458. The Hall–Kier alpha value is -3.48. The fraction of sp³-hybridized carbons (Fsp3) is 0.273. The van der Waals surface area contributed by atoms with E-state index >= 15 is 0 Å². The second kappa shape index (κ2) is 8.26. The van der Waals surface area contributed by atoms with E-state index in [1.807, 2.05) is 6.92 Å². The molecule has 1 aliphatic heterocycles. The Bertz CT molecular complexity index is 964. The molecule has 0 aromatic heterocycles. The Morgan fingerprint density at radius 1 is 1.03 bits per heavy atom. The molecular weight excluding hydrogens is 374 g/mol. The van der Waals surface area contributed by atoms with Crippen molar-refractivity contribution in [1.82, 2.24) is 4.90 Å². The van der Waals surface area contributed by atoms with Gasteiger partial charge in [-0.2, -0.15) is 0 Å². The molecule has 7 heteroatoms. The van der Waals surface area contributed by atoms with E-state index in [0.29, 0.717) is 35.0 Å². The van der Waals surface area contributed by atoms with Gasteiger partial charge < -0.3 is 24.2 Å². The van der Waals surface area contributed by atoms with Crippen LogP contribution >= 0.6 is 0 Å². The van der Waals surface area contributed by atoms with Crippen LogP contribution < -0.4 is 14.2 Å². The number of carbonyl (C=O) groups excluding carboxylic acids is 2. The molecule has 1 atom stereocenters. The molecule has 152 valence electrons. The summed E-state index contributed by atoms with van der Waals surface area (Å²) in [6.45, 7) is 2.42. The van der Waals surface area contributed by atoms with Crippen LogP contribution in [0.4, 0.5) is 0 Å². The maximum atomic E-state index is 12.7. The summed E-state index contributed by atoms with van der Waals surface area (Å²) in [5.41, 5.74) is 1.07. The van der Waals surface area contributed by atoms with E-state index in [9.17, 15) is 14.7 Å². The van der Waals surface area contributed by atoms with E-state index in [4.69, 9.17) is 14.2 Å². The van der Waals surface area contributed by atoms with Gasteiger partial charge in [-0.3, -0.25) is 9.59 Å². The number of amides is 1. The summed E-state index contributed by atoms with van der Waals surface area (Å²) in [6, 6.07) is 11.2. The molecule has 0 aliphatic carbocycles. The van der Waals surface area contributed by atoms with Crippen molar-refractivity contribution in [2.75, 3.05) is 27.9 Å². The SMILES string of the molecule is CCOc1ccc(C2/C(=C(/O)c3ccc(OC)c(OC)c3)C(=O)C(=O)N2C)cc1. The number of likely N-dealkylation sites (N-methyl/N-ethyl adjacent to an activating group) is 1. The molecule has 1 unspecified atom stereocenters. The number of ether oxygens (including phenoxy) is 3. The van der Waals surface area contributed by atoms with Crippen LogP contribution in [0, 0.1) is 0 Å². The Kier molecular flexibility index (Phi) is 5.77. The van der Waals surface area contributed by atoms with Gasteiger partial charge in [-0.25, -0.2) is 0 Å². The Morgan fingerprint density at radius 3 is 2.28 bits per heavy atom. The average molecular weight is 397 g/mol. The van der Waals surface area contributed by atoms with E-state index in [2.05, 4.69) is 0 Å². The van der Waals surface area contributed by atoms with Crippen molar-refractivity contribution >= 4 is 17.4 Å². The van der Waals surface area contributed by atoms with Crippen molar-refractivity contribution in [1.29, 1.82) is 0 Å². The lowest BCUT2D eigenvalue weighted by molar-refractivity contribution is -0.139. The highest BCUT2D eigenvalue weighted by molar-refractivity contribution is 6.46. The normalized spacial score (nSPS) is 18.1. The second-order valence-corrected chi connectivity index (χ2v) is 6.48. The van der Waals surface area contributed by atoms with Gasteiger partial charge in [0.15, 0.2) is 11.5 Å². The fourth-order valence-electron chi connectivity index (χ4n) is 3.39. The maximum absolute atomic E-state index is 12.7. The predicted octanol–water partition coefficient (Wildman–Crippen LogP) is 3.15. The molecule has 1 amide bonds. The third-order valence-electron chi connectivity index (χ3n) is 4.84. The number of benzene rings is 2. The highest BCUT2D eigenvalue weighted by atomic mass is 16.5. The van der Waals surface area contributed by atoms with Gasteiger partial charge in [-0.05, 0) is 42.8 Å². The first-order valence-corrected chi connectivity index (χ1v) is 9.12. The summed E-state index contributed by atoms with van der Waals surface area (Å²) >= 11 is 0. The van der Waals surface area contributed by atoms with Gasteiger partial charge in [0, 0.05) is 12.6 Å². The first-order chi connectivity index (χ1) is 13.9. The number of hydrogen-bond donors (Lipinski definition) is 1. The molecule has 29 heavy (non-hydrogen) atoms. The summed E-state index contributed by atoms with van der Waals surface area (Å²) in [4.78, 5) is 26.4.